The van der Waals surface area contributed by atoms with Crippen molar-refractivity contribution in [2.45, 2.75) is 25.6 Å². The Hall–Kier alpha value is -2.96. The molecule has 2 fully saturated rings. The minimum Gasteiger partial charge on any atom is -0.475 e. The quantitative estimate of drug-likeness (QED) is 0.595. The average Bonchev–Trinajstić information content (AvgIpc) is 3.13. The number of aromatic nitrogens is 2. The van der Waals surface area contributed by atoms with E-state index >= 15 is 0 Å². The van der Waals surface area contributed by atoms with Crippen LogP contribution in [0.4, 0.5) is 19.1 Å². The number of alkyl halides is 3. The number of carboxylic acids is 1. The van der Waals surface area contributed by atoms with Crippen molar-refractivity contribution in [3.63, 3.8) is 0 Å². The zero-order valence-corrected chi connectivity index (χ0v) is 16.8. The first-order valence-corrected chi connectivity index (χ1v) is 9.52. The number of nitrogens with zero attached hydrogens (tertiary/aromatic N) is 3. The Morgan fingerprint density at radius 2 is 1.94 bits per heavy atom. The summed E-state index contributed by atoms with van der Waals surface area (Å²) in [6.45, 7) is 4.23. The number of aliphatic carboxylic acids is 1. The molecule has 0 bridgehead atoms. The van der Waals surface area contributed by atoms with E-state index in [1.165, 1.54) is 6.92 Å². The highest BCUT2D eigenvalue weighted by molar-refractivity contribution is 5.83. The summed E-state index contributed by atoms with van der Waals surface area (Å²) >= 11 is 0. The Morgan fingerprint density at radius 3 is 2.52 bits per heavy atom. The normalized spacial score (nSPS) is 22.6. The molecule has 0 aliphatic carbocycles. The lowest BCUT2D eigenvalue weighted by molar-refractivity contribution is -0.192. The van der Waals surface area contributed by atoms with Crippen molar-refractivity contribution >= 4 is 23.7 Å². The Labute approximate surface area is 176 Å². The van der Waals surface area contributed by atoms with Gasteiger partial charge in [-0.25, -0.2) is 14.8 Å². The Balaban J connectivity index is 0.000000423. The van der Waals surface area contributed by atoms with E-state index in [0.29, 0.717) is 44.0 Å². The Morgan fingerprint density at radius 1 is 1.29 bits per heavy atom. The fourth-order valence-electron chi connectivity index (χ4n) is 3.42. The fraction of sp³-hybridized carbons (Fsp3) is 0.611. The van der Waals surface area contributed by atoms with Crippen molar-refractivity contribution in [2.75, 3.05) is 38.1 Å². The van der Waals surface area contributed by atoms with Crippen LogP contribution < -0.4 is 10.6 Å². The minimum atomic E-state index is -5.08. The predicted octanol–water partition coefficient (Wildman–Crippen LogP) is 0.521. The lowest BCUT2D eigenvalue weighted by Gasteiger charge is -2.35. The van der Waals surface area contributed by atoms with Gasteiger partial charge in [-0.1, -0.05) is 0 Å². The highest BCUT2D eigenvalue weighted by atomic mass is 19.4. The van der Waals surface area contributed by atoms with E-state index < -0.39 is 12.1 Å². The zero-order valence-electron chi connectivity index (χ0n) is 16.8. The topological polar surface area (TPSA) is 134 Å². The first-order valence-electron chi connectivity index (χ1n) is 9.52. The van der Waals surface area contributed by atoms with E-state index in [2.05, 4.69) is 20.6 Å². The molecule has 2 aliphatic heterocycles. The molecule has 0 saturated carbocycles. The van der Waals surface area contributed by atoms with Crippen molar-refractivity contribution in [3.05, 3.63) is 18.5 Å². The molecule has 10 nitrogen and oxygen atoms in total. The van der Waals surface area contributed by atoms with Crippen LogP contribution in [0.3, 0.4) is 0 Å². The average molecular weight is 447 g/mol. The molecule has 3 rings (SSSR count). The minimum absolute atomic E-state index is 0.0251. The lowest BCUT2D eigenvalue weighted by Crippen LogP contribution is -2.48. The van der Waals surface area contributed by atoms with Gasteiger partial charge in [-0.3, -0.25) is 9.59 Å². The molecule has 172 valence electrons. The number of ether oxygens (including phenoxy) is 1. The van der Waals surface area contributed by atoms with Crippen LogP contribution >= 0.6 is 0 Å². The number of hydrogen-bond donors (Lipinski definition) is 3. The number of hydrogen-bond acceptors (Lipinski definition) is 7. The van der Waals surface area contributed by atoms with Gasteiger partial charge in [0.15, 0.2) is 0 Å². The van der Waals surface area contributed by atoms with Gasteiger partial charge in [-0.05, 0) is 18.4 Å². The van der Waals surface area contributed by atoms with Gasteiger partial charge in [-0.15, -0.1) is 0 Å². The van der Waals surface area contributed by atoms with Crippen LogP contribution in [0.1, 0.15) is 13.3 Å². The van der Waals surface area contributed by atoms with E-state index in [0.717, 1.165) is 6.42 Å². The Kier molecular flexibility index (Phi) is 8.54. The van der Waals surface area contributed by atoms with Crippen LogP contribution in [0, 0.1) is 11.8 Å². The third-order valence-electron chi connectivity index (χ3n) is 4.91. The number of piperidine rings is 1. The number of anilines is 1. The van der Waals surface area contributed by atoms with Crippen LogP contribution in [0.25, 0.3) is 0 Å². The maximum Gasteiger partial charge on any atom is 0.490 e. The molecular formula is C18H24F3N5O5. The summed E-state index contributed by atoms with van der Waals surface area (Å²) in [5, 5.41) is 12.9. The van der Waals surface area contributed by atoms with Gasteiger partial charge in [0.25, 0.3) is 0 Å². The molecule has 1 aromatic heterocycles. The van der Waals surface area contributed by atoms with E-state index in [4.69, 9.17) is 14.6 Å². The zero-order chi connectivity index (χ0) is 23.0. The standard InChI is InChI=1S/C16H23N5O3.C2HF3O2/c1-11(22)19-8-15(23)21-6-3-13-12(9-21)10-24-14(13)7-20-16-17-4-2-5-18-16;3-2(4,5)1(6)7/h2,4-5,12-14H,3,6-10H2,1H3,(H,19,22)(H,17,18,20);(H,6,7)/t12-,13-,14+;/m1./s1. The SMILES string of the molecule is CC(=O)NCC(=O)N1CC[C@@H]2[C@@H](CO[C@H]2CNc2ncccn2)C1.O=C(O)C(F)(F)F. The van der Waals surface area contributed by atoms with Crippen LogP contribution in [-0.2, 0) is 19.1 Å². The third kappa shape index (κ3) is 7.66. The van der Waals surface area contributed by atoms with Gasteiger partial charge in [0.05, 0.1) is 19.3 Å². The van der Waals surface area contributed by atoms with Crippen molar-refractivity contribution in [1.29, 1.82) is 0 Å². The van der Waals surface area contributed by atoms with E-state index in [1.54, 1.807) is 18.5 Å². The Bertz CT molecular complexity index is 765. The molecule has 0 aromatic carbocycles. The van der Waals surface area contributed by atoms with Gasteiger partial charge in [-0.2, -0.15) is 13.2 Å². The number of carbonyl (C=O) groups excluding carboxylic acids is 2. The predicted molar refractivity (Wildman–Crippen MR) is 101 cm³/mol. The number of carbonyl (C=O) groups is 3. The van der Waals surface area contributed by atoms with E-state index in [9.17, 15) is 22.8 Å². The monoisotopic (exact) mass is 447 g/mol. The molecule has 31 heavy (non-hydrogen) atoms. The van der Waals surface area contributed by atoms with Gasteiger partial charge in [0, 0.05) is 44.9 Å². The van der Waals surface area contributed by atoms with Gasteiger partial charge >= 0.3 is 12.1 Å². The number of nitrogens with one attached hydrogen (secondary N) is 2. The molecule has 0 radical (unpaired) electrons. The maximum atomic E-state index is 12.1. The second-order valence-corrected chi connectivity index (χ2v) is 7.09. The molecule has 3 N–H and O–H groups in total. The first-order chi connectivity index (χ1) is 14.6. The fourth-order valence-corrected chi connectivity index (χ4v) is 3.42. The molecule has 13 heteroatoms. The molecular weight excluding hydrogens is 423 g/mol. The van der Waals surface area contributed by atoms with Crippen molar-refractivity contribution in [2.24, 2.45) is 11.8 Å². The van der Waals surface area contributed by atoms with Gasteiger partial charge < -0.3 is 25.4 Å². The number of amides is 2. The summed E-state index contributed by atoms with van der Waals surface area (Å²) in [5.41, 5.74) is 0. The summed E-state index contributed by atoms with van der Waals surface area (Å²) in [5.74, 6) is -1.57. The van der Waals surface area contributed by atoms with E-state index in [-0.39, 0.29) is 24.5 Å². The smallest absolute Gasteiger partial charge is 0.475 e. The molecule has 0 unspecified atom stereocenters. The molecule has 3 heterocycles. The number of fused-ring (bicyclic) bond motifs is 1. The molecule has 0 spiro atoms. The van der Waals surface area contributed by atoms with Crippen LogP contribution in [0.5, 0.6) is 0 Å². The first kappa shape index (κ1) is 24.3. The summed E-state index contributed by atoms with van der Waals surface area (Å²) in [6.07, 6.45) is -0.649. The number of rotatable bonds is 5. The largest absolute Gasteiger partial charge is 0.490 e. The number of carboxylic acid groups (broad SMARTS) is 1. The van der Waals surface area contributed by atoms with Crippen molar-refractivity contribution in [1.82, 2.24) is 20.2 Å². The molecule has 2 saturated heterocycles. The summed E-state index contributed by atoms with van der Waals surface area (Å²) in [6, 6.07) is 1.78. The second-order valence-electron chi connectivity index (χ2n) is 7.09. The van der Waals surface area contributed by atoms with E-state index in [1.807, 2.05) is 4.90 Å². The maximum absolute atomic E-state index is 12.1. The van der Waals surface area contributed by atoms with Crippen molar-refractivity contribution < 1.29 is 37.4 Å². The number of likely N-dealkylation sites (tertiary alicyclic amines) is 1. The summed E-state index contributed by atoms with van der Waals surface area (Å²) < 4.78 is 37.7. The van der Waals surface area contributed by atoms with Gasteiger partial charge in [0.2, 0.25) is 17.8 Å². The summed E-state index contributed by atoms with van der Waals surface area (Å²) in [7, 11) is 0. The van der Waals surface area contributed by atoms with Gasteiger partial charge in [0.1, 0.15) is 0 Å². The highest BCUT2D eigenvalue weighted by Crippen LogP contribution is 2.34. The van der Waals surface area contributed by atoms with Crippen LogP contribution in [-0.4, -0.2) is 82.8 Å². The van der Waals surface area contributed by atoms with Crippen LogP contribution in [0.15, 0.2) is 18.5 Å². The molecule has 1 aromatic rings. The molecule has 3 atom stereocenters. The third-order valence-corrected chi connectivity index (χ3v) is 4.91. The molecule has 2 aliphatic rings. The van der Waals surface area contributed by atoms with Crippen molar-refractivity contribution in [3.8, 4) is 0 Å². The summed E-state index contributed by atoms with van der Waals surface area (Å²) in [4.78, 5) is 42.1. The number of halogens is 3. The highest BCUT2D eigenvalue weighted by Gasteiger charge is 2.41. The molecule has 2 amide bonds. The lowest BCUT2D eigenvalue weighted by atomic mass is 9.84. The second kappa shape index (κ2) is 10.9. The van der Waals surface area contributed by atoms with Crippen LogP contribution in [0.2, 0.25) is 0 Å².